The molecule has 0 radical (unpaired) electrons. The van der Waals surface area contributed by atoms with Crippen molar-refractivity contribution >= 4 is 26.0 Å². The van der Waals surface area contributed by atoms with Crippen LogP contribution in [0.4, 0.5) is 4.39 Å². The Hall–Kier alpha value is -0.720. The van der Waals surface area contributed by atoms with Crippen LogP contribution in [0.25, 0.3) is 0 Å². The summed E-state index contributed by atoms with van der Waals surface area (Å²) < 4.78 is 40.0. The van der Waals surface area contributed by atoms with Crippen molar-refractivity contribution in [2.75, 3.05) is 6.54 Å². The second kappa shape index (κ2) is 6.15. The minimum atomic E-state index is -3.59. The average Bonchev–Trinajstić information content (AvgIpc) is 2.37. The highest BCUT2D eigenvalue weighted by molar-refractivity contribution is 9.10. The molecule has 0 aliphatic heterocycles. The van der Waals surface area contributed by atoms with Crippen LogP contribution >= 0.6 is 15.9 Å². The quantitative estimate of drug-likeness (QED) is 0.850. The molecule has 1 unspecified atom stereocenters. The lowest BCUT2D eigenvalue weighted by Crippen LogP contribution is -2.30. The molecule has 1 aliphatic carbocycles. The molecule has 1 N–H and O–H groups in total. The molecule has 1 aliphatic rings. The Morgan fingerprint density at radius 3 is 2.79 bits per heavy atom. The van der Waals surface area contributed by atoms with E-state index in [1.54, 1.807) is 0 Å². The van der Waals surface area contributed by atoms with E-state index in [1.807, 2.05) is 0 Å². The predicted octanol–water partition coefficient (Wildman–Crippen LogP) is 3.22. The Bertz CT molecular complexity index is 586. The summed E-state index contributed by atoms with van der Waals surface area (Å²) in [5.74, 6) is -0.137. The van der Waals surface area contributed by atoms with Gasteiger partial charge in [0.25, 0.3) is 0 Å². The molecule has 0 aromatic heterocycles. The fourth-order valence-electron chi connectivity index (χ4n) is 2.04. The zero-order chi connectivity index (χ0) is 13.9. The molecule has 1 aromatic carbocycles. The van der Waals surface area contributed by atoms with Gasteiger partial charge in [0.05, 0.1) is 4.90 Å². The van der Waals surface area contributed by atoms with Gasteiger partial charge in [0.15, 0.2) is 0 Å². The van der Waals surface area contributed by atoms with E-state index in [9.17, 15) is 12.8 Å². The van der Waals surface area contributed by atoms with Crippen molar-refractivity contribution in [1.82, 2.24) is 4.72 Å². The van der Waals surface area contributed by atoms with Gasteiger partial charge in [-0.25, -0.2) is 17.5 Å². The summed E-state index contributed by atoms with van der Waals surface area (Å²) >= 11 is 3.08. The van der Waals surface area contributed by atoms with Crippen molar-refractivity contribution in [3.8, 4) is 0 Å². The third-order valence-corrected chi connectivity index (χ3v) is 5.52. The molecule has 3 nitrogen and oxygen atoms in total. The first-order chi connectivity index (χ1) is 8.99. The first-order valence-electron chi connectivity index (χ1n) is 6.09. The van der Waals surface area contributed by atoms with Gasteiger partial charge >= 0.3 is 0 Å². The van der Waals surface area contributed by atoms with E-state index in [0.29, 0.717) is 12.5 Å². The molecule has 0 bridgehead atoms. The molecule has 19 heavy (non-hydrogen) atoms. The average molecular weight is 348 g/mol. The van der Waals surface area contributed by atoms with Crippen LogP contribution in [0.5, 0.6) is 0 Å². The van der Waals surface area contributed by atoms with Gasteiger partial charge in [-0.05, 0) is 59.3 Å². The summed E-state index contributed by atoms with van der Waals surface area (Å²) in [4.78, 5) is 0.0697. The van der Waals surface area contributed by atoms with Crippen LogP contribution in [0.3, 0.4) is 0 Å². The number of hydrogen-bond donors (Lipinski definition) is 1. The smallest absolute Gasteiger partial charge is 0.211 e. The molecule has 0 heterocycles. The van der Waals surface area contributed by atoms with Crippen molar-refractivity contribution in [2.45, 2.75) is 24.2 Å². The molecule has 1 atom stereocenters. The molecule has 2 rings (SSSR count). The Balaban J connectivity index is 2.07. The summed E-state index contributed by atoms with van der Waals surface area (Å²) in [6, 6.07) is 3.56. The number of rotatable bonds is 4. The third-order valence-electron chi connectivity index (χ3n) is 3.12. The normalized spacial score (nSPS) is 19.6. The number of sulfonamides is 1. The van der Waals surface area contributed by atoms with Gasteiger partial charge in [-0.1, -0.05) is 12.2 Å². The fraction of sp³-hybridized carbons (Fsp3) is 0.385. The first-order valence-corrected chi connectivity index (χ1v) is 8.36. The summed E-state index contributed by atoms with van der Waals surface area (Å²) in [5, 5.41) is 0. The second-order valence-electron chi connectivity index (χ2n) is 4.58. The summed E-state index contributed by atoms with van der Waals surface area (Å²) in [6.07, 6.45) is 7.07. The van der Waals surface area contributed by atoms with E-state index in [2.05, 4.69) is 32.8 Å². The van der Waals surface area contributed by atoms with Gasteiger partial charge in [-0.15, -0.1) is 0 Å². The lowest BCUT2D eigenvalue weighted by molar-refractivity contribution is 0.468. The maximum absolute atomic E-state index is 13.0. The fourth-order valence-corrected chi connectivity index (χ4v) is 4.20. The standard InChI is InChI=1S/C13H15BrFNO2S/c14-12-8-11(15)6-7-13(12)19(17,18)16-9-10-4-2-1-3-5-10/h1-2,6-8,10,16H,3-5,9H2. The number of hydrogen-bond acceptors (Lipinski definition) is 2. The molecule has 6 heteroatoms. The number of halogens is 2. The van der Waals surface area contributed by atoms with Gasteiger partial charge in [-0.3, -0.25) is 0 Å². The van der Waals surface area contributed by atoms with Crippen molar-refractivity contribution in [3.63, 3.8) is 0 Å². The van der Waals surface area contributed by atoms with Crippen LogP contribution in [0.2, 0.25) is 0 Å². The zero-order valence-electron chi connectivity index (χ0n) is 10.3. The third kappa shape index (κ3) is 3.87. The van der Waals surface area contributed by atoms with Gasteiger partial charge in [0.2, 0.25) is 10.0 Å². The molecule has 0 saturated carbocycles. The maximum atomic E-state index is 13.0. The molecule has 104 valence electrons. The van der Waals surface area contributed by atoms with Gasteiger partial charge < -0.3 is 0 Å². The van der Waals surface area contributed by atoms with E-state index in [0.717, 1.165) is 31.4 Å². The molecule has 0 saturated heterocycles. The molecular formula is C13H15BrFNO2S. The highest BCUT2D eigenvalue weighted by Crippen LogP contribution is 2.23. The largest absolute Gasteiger partial charge is 0.241 e. The lowest BCUT2D eigenvalue weighted by atomic mass is 9.95. The number of allylic oxidation sites excluding steroid dienone is 2. The topological polar surface area (TPSA) is 46.2 Å². The van der Waals surface area contributed by atoms with Crippen molar-refractivity contribution in [1.29, 1.82) is 0 Å². The Kier molecular flexibility index (Phi) is 4.76. The van der Waals surface area contributed by atoms with Crippen LogP contribution < -0.4 is 4.72 Å². The highest BCUT2D eigenvalue weighted by Gasteiger charge is 2.20. The zero-order valence-corrected chi connectivity index (χ0v) is 12.7. The van der Waals surface area contributed by atoms with Gasteiger partial charge in [-0.2, -0.15) is 0 Å². The molecule has 0 spiro atoms. The van der Waals surface area contributed by atoms with E-state index in [4.69, 9.17) is 0 Å². The minimum Gasteiger partial charge on any atom is -0.211 e. The van der Waals surface area contributed by atoms with Crippen molar-refractivity contribution < 1.29 is 12.8 Å². The first kappa shape index (κ1) is 14.7. The molecule has 0 fully saturated rings. The molecule has 1 aromatic rings. The van der Waals surface area contributed by atoms with Gasteiger partial charge in [0, 0.05) is 11.0 Å². The minimum absolute atomic E-state index is 0.0697. The van der Waals surface area contributed by atoms with E-state index in [-0.39, 0.29) is 9.37 Å². The van der Waals surface area contributed by atoms with E-state index in [1.165, 1.54) is 6.07 Å². The number of benzene rings is 1. The Morgan fingerprint density at radius 1 is 1.37 bits per heavy atom. The van der Waals surface area contributed by atoms with Crippen LogP contribution in [0.1, 0.15) is 19.3 Å². The monoisotopic (exact) mass is 347 g/mol. The van der Waals surface area contributed by atoms with Crippen molar-refractivity contribution in [2.24, 2.45) is 5.92 Å². The summed E-state index contributed by atoms with van der Waals surface area (Å²) in [6.45, 7) is 0.413. The van der Waals surface area contributed by atoms with Crippen LogP contribution in [-0.4, -0.2) is 15.0 Å². The van der Waals surface area contributed by atoms with Crippen LogP contribution in [0, 0.1) is 11.7 Å². The van der Waals surface area contributed by atoms with Crippen LogP contribution in [0.15, 0.2) is 39.7 Å². The summed E-state index contributed by atoms with van der Waals surface area (Å²) in [5.41, 5.74) is 0. The Morgan fingerprint density at radius 2 is 2.16 bits per heavy atom. The summed E-state index contributed by atoms with van der Waals surface area (Å²) in [7, 11) is -3.59. The van der Waals surface area contributed by atoms with Crippen molar-refractivity contribution in [3.05, 3.63) is 40.6 Å². The van der Waals surface area contributed by atoms with E-state index < -0.39 is 15.8 Å². The second-order valence-corrected chi connectivity index (χ2v) is 7.17. The van der Waals surface area contributed by atoms with Gasteiger partial charge in [0.1, 0.15) is 5.82 Å². The highest BCUT2D eigenvalue weighted by atomic mass is 79.9. The maximum Gasteiger partial charge on any atom is 0.241 e. The van der Waals surface area contributed by atoms with E-state index >= 15 is 0 Å². The lowest BCUT2D eigenvalue weighted by Gasteiger charge is -2.18. The molecular weight excluding hydrogens is 333 g/mol. The predicted molar refractivity (Wildman–Crippen MR) is 75.8 cm³/mol. The SMILES string of the molecule is O=S(=O)(NCC1CC=CCC1)c1ccc(F)cc1Br. The van der Waals surface area contributed by atoms with Crippen LogP contribution in [-0.2, 0) is 10.0 Å². The molecule has 0 amide bonds. The Labute approximate surface area is 121 Å². The number of nitrogens with one attached hydrogen (secondary N) is 1.